The molecule has 0 aliphatic heterocycles. The Kier molecular flexibility index (Phi) is 6.34. The normalized spacial score (nSPS) is 10.3. The first kappa shape index (κ1) is 20.2. The smallest absolute Gasteiger partial charge is 0.257 e. The van der Waals surface area contributed by atoms with Crippen LogP contribution in [0.1, 0.15) is 28.4 Å². The Hall–Kier alpha value is -3.54. The standard InChI is InChI=1S/C23H25N3O3/c1-5-16-8-6-7-15(2)22(16)26-23(27)17-9-12-21(24-14-17)25-18-10-11-19(28-3)20(13-18)29-4/h6-14H,5H2,1-4H3,(H,24,25)(H,26,27). The zero-order valence-electron chi connectivity index (χ0n) is 17.1. The molecule has 0 unspecified atom stereocenters. The van der Waals surface area contributed by atoms with Crippen LogP contribution in [0.4, 0.5) is 17.2 Å². The van der Waals surface area contributed by atoms with E-state index in [0.717, 1.165) is 28.9 Å². The molecule has 29 heavy (non-hydrogen) atoms. The van der Waals surface area contributed by atoms with Crippen LogP contribution in [0.3, 0.4) is 0 Å². The lowest BCUT2D eigenvalue weighted by atomic mass is 10.1. The number of benzene rings is 2. The number of aromatic nitrogens is 1. The molecule has 0 fully saturated rings. The van der Waals surface area contributed by atoms with Crippen molar-refractivity contribution in [2.45, 2.75) is 20.3 Å². The van der Waals surface area contributed by atoms with Crippen LogP contribution in [0, 0.1) is 6.92 Å². The van der Waals surface area contributed by atoms with Gasteiger partial charge in [-0.25, -0.2) is 4.98 Å². The zero-order chi connectivity index (χ0) is 20.8. The van der Waals surface area contributed by atoms with Crippen LogP contribution in [0.5, 0.6) is 11.5 Å². The van der Waals surface area contributed by atoms with E-state index in [1.54, 1.807) is 32.5 Å². The molecule has 0 bridgehead atoms. The van der Waals surface area contributed by atoms with E-state index >= 15 is 0 Å². The van der Waals surface area contributed by atoms with Gasteiger partial charge in [0.05, 0.1) is 19.8 Å². The summed E-state index contributed by atoms with van der Waals surface area (Å²) in [6.45, 7) is 4.06. The fourth-order valence-electron chi connectivity index (χ4n) is 3.05. The van der Waals surface area contributed by atoms with Gasteiger partial charge in [0, 0.05) is 23.6 Å². The highest BCUT2D eigenvalue weighted by Crippen LogP contribution is 2.30. The van der Waals surface area contributed by atoms with Gasteiger partial charge in [-0.1, -0.05) is 25.1 Å². The van der Waals surface area contributed by atoms with E-state index in [1.807, 2.05) is 43.3 Å². The van der Waals surface area contributed by atoms with Gasteiger partial charge in [-0.15, -0.1) is 0 Å². The monoisotopic (exact) mass is 391 g/mol. The van der Waals surface area contributed by atoms with Crippen molar-refractivity contribution < 1.29 is 14.3 Å². The molecule has 3 rings (SSSR count). The summed E-state index contributed by atoms with van der Waals surface area (Å²) in [5, 5.41) is 6.21. The predicted molar refractivity (Wildman–Crippen MR) is 116 cm³/mol. The maximum Gasteiger partial charge on any atom is 0.257 e. The van der Waals surface area contributed by atoms with Crippen LogP contribution in [-0.2, 0) is 6.42 Å². The van der Waals surface area contributed by atoms with Gasteiger partial charge in [0.2, 0.25) is 0 Å². The van der Waals surface area contributed by atoms with E-state index in [9.17, 15) is 4.79 Å². The average Bonchev–Trinajstić information content (AvgIpc) is 2.75. The maximum absolute atomic E-state index is 12.7. The minimum absolute atomic E-state index is 0.181. The Morgan fingerprint density at radius 3 is 2.48 bits per heavy atom. The van der Waals surface area contributed by atoms with E-state index in [1.165, 1.54) is 0 Å². The second-order valence-corrected chi connectivity index (χ2v) is 6.54. The number of methoxy groups -OCH3 is 2. The molecule has 2 aromatic carbocycles. The summed E-state index contributed by atoms with van der Waals surface area (Å²) in [5.41, 5.74) is 4.32. The van der Waals surface area contributed by atoms with Gasteiger partial charge in [-0.2, -0.15) is 0 Å². The molecule has 6 heteroatoms. The highest BCUT2D eigenvalue weighted by molar-refractivity contribution is 6.05. The van der Waals surface area contributed by atoms with Gasteiger partial charge < -0.3 is 20.1 Å². The summed E-state index contributed by atoms with van der Waals surface area (Å²) in [5.74, 6) is 1.72. The third-order valence-electron chi connectivity index (χ3n) is 4.66. The summed E-state index contributed by atoms with van der Waals surface area (Å²) < 4.78 is 10.6. The van der Waals surface area contributed by atoms with E-state index in [0.29, 0.717) is 22.9 Å². The second-order valence-electron chi connectivity index (χ2n) is 6.54. The van der Waals surface area contributed by atoms with Gasteiger partial charge in [0.25, 0.3) is 5.91 Å². The molecule has 3 aromatic rings. The molecular formula is C23H25N3O3. The number of nitrogens with one attached hydrogen (secondary N) is 2. The number of hydrogen-bond acceptors (Lipinski definition) is 5. The van der Waals surface area contributed by atoms with Crippen LogP contribution in [-0.4, -0.2) is 25.1 Å². The minimum atomic E-state index is -0.181. The van der Waals surface area contributed by atoms with Crippen molar-refractivity contribution in [1.29, 1.82) is 0 Å². The highest BCUT2D eigenvalue weighted by atomic mass is 16.5. The number of ether oxygens (including phenoxy) is 2. The number of pyridine rings is 1. The Balaban J connectivity index is 1.73. The third kappa shape index (κ3) is 4.66. The Bertz CT molecular complexity index is 1000. The summed E-state index contributed by atoms with van der Waals surface area (Å²) in [6, 6.07) is 15.0. The zero-order valence-corrected chi connectivity index (χ0v) is 17.1. The van der Waals surface area contributed by atoms with E-state index in [4.69, 9.17) is 9.47 Å². The number of anilines is 3. The molecule has 0 radical (unpaired) electrons. The molecule has 1 amide bonds. The van der Waals surface area contributed by atoms with Crippen molar-refractivity contribution in [1.82, 2.24) is 4.98 Å². The predicted octanol–water partition coefficient (Wildman–Crippen LogP) is 4.97. The van der Waals surface area contributed by atoms with Crippen LogP contribution < -0.4 is 20.1 Å². The first-order chi connectivity index (χ1) is 14.0. The molecule has 150 valence electrons. The molecule has 0 spiro atoms. The summed E-state index contributed by atoms with van der Waals surface area (Å²) in [6.07, 6.45) is 2.41. The summed E-state index contributed by atoms with van der Waals surface area (Å²) in [7, 11) is 3.18. The molecule has 0 atom stereocenters. The van der Waals surface area contributed by atoms with Gasteiger partial charge >= 0.3 is 0 Å². The number of aryl methyl sites for hydroxylation is 2. The lowest BCUT2D eigenvalue weighted by Gasteiger charge is -2.13. The quantitative estimate of drug-likeness (QED) is 0.595. The fraction of sp³-hybridized carbons (Fsp3) is 0.217. The van der Waals surface area contributed by atoms with Crippen molar-refractivity contribution in [2.75, 3.05) is 24.9 Å². The van der Waals surface area contributed by atoms with Crippen molar-refractivity contribution in [3.05, 3.63) is 71.4 Å². The average molecular weight is 391 g/mol. The van der Waals surface area contributed by atoms with Crippen LogP contribution in [0.2, 0.25) is 0 Å². The SMILES string of the molecule is CCc1cccc(C)c1NC(=O)c1ccc(Nc2ccc(OC)c(OC)c2)nc1. The maximum atomic E-state index is 12.7. The highest BCUT2D eigenvalue weighted by Gasteiger charge is 2.11. The van der Waals surface area contributed by atoms with Crippen molar-refractivity contribution >= 4 is 23.1 Å². The van der Waals surface area contributed by atoms with Crippen LogP contribution in [0.25, 0.3) is 0 Å². The first-order valence-corrected chi connectivity index (χ1v) is 9.40. The number of amides is 1. The summed E-state index contributed by atoms with van der Waals surface area (Å²) in [4.78, 5) is 17.0. The molecule has 0 aliphatic rings. The Morgan fingerprint density at radius 2 is 1.83 bits per heavy atom. The number of rotatable bonds is 7. The molecule has 0 aliphatic carbocycles. The van der Waals surface area contributed by atoms with E-state index in [2.05, 4.69) is 22.5 Å². The van der Waals surface area contributed by atoms with Crippen LogP contribution >= 0.6 is 0 Å². The Morgan fingerprint density at radius 1 is 1.03 bits per heavy atom. The number of nitrogens with zero attached hydrogens (tertiary/aromatic N) is 1. The number of para-hydroxylation sites is 1. The second kappa shape index (κ2) is 9.10. The van der Waals surface area contributed by atoms with Crippen LogP contribution in [0.15, 0.2) is 54.7 Å². The topological polar surface area (TPSA) is 72.5 Å². The number of carbonyl (C=O) groups is 1. The molecule has 1 aromatic heterocycles. The van der Waals surface area contributed by atoms with Crippen molar-refractivity contribution in [3.63, 3.8) is 0 Å². The number of hydrogen-bond donors (Lipinski definition) is 2. The molecule has 6 nitrogen and oxygen atoms in total. The fourth-order valence-corrected chi connectivity index (χ4v) is 3.05. The van der Waals surface area contributed by atoms with Gasteiger partial charge in [0.1, 0.15) is 5.82 Å². The molecular weight excluding hydrogens is 366 g/mol. The Labute approximate surface area is 170 Å². The number of carbonyl (C=O) groups excluding carboxylic acids is 1. The van der Waals surface area contributed by atoms with Gasteiger partial charge in [-0.05, 0) is 48.7 Å². The largest absolute Gasteiger partial charge is 0.493 e. The lowest BCUT2D eigenvalue weighted by Crippen LogP contribution is -2.14. The third-order valence-corrected chi connectivity index (χ3v) is 4.66. The minimum Gasteiger partial charge on any atom is -0.493 e. The van der Waals surface area contributed by atoms with E-state index in [-0.39, 0.29) is 5.91 Å². The van der Waals surface area contributed by atoms with Gasteiger partial charge in [-0.3, -0.25) is 4.79 Å². The van der Waals surface area contributed by atoms with Gasteiger partial charge in [0.15, 0.2) is 11.5 Å². The molecule has 2 N–H and O–H groups in total. The van der Waals surface area contributed by atoms with Crippen molar-refractivity contribution in [2.24, 2.45) is 0 Å². The molecule has 0 saturated heterocycles. The molecule has 0 saturated carbocycles. The molecule has 1 heterocycles. The first-order valence-electron chi connectivity index (χ1n) is 9.40. The lowest BCUT2D eigenvalue weighted by molar-refractivity contribution is 0.102. The van der Waals surface area contributed by atoms with E-state index < -0.39 is 0 Å². The van der Waals surface area contributed by atoms with Crippen molar-refractivity contribution in [3.8, 4) is 11.5 Å². The summed E-state index contributed by atoms with van der Waals surface area (Å²) >= 11 is 0.